The molecule has 2 aromatic rings. The average Bonchev–Trinajstić information content (AvgIpc) is 2.89. The molecule has 2 aromatic heterocycles. The van der Waals surface area contributed by atoms with Crippen LogP contribution in [0.5, 0.6) is 0 Å². The summed E-state index contributed by atoms with van der Waals surface area (Å²) in [4.78, 5) is 4.06. The van der Waals surface area contributed by atoms with Crippen LogP contribution in [0.3, 0.4) is 0 Å². The molecule has 0 bridgehead atoms. The summed E-state index contributed by atoms with van der Waals surface area (Å²) >= 11 is 0. The van der Waals surface area contributed by atoms with E-state index in [0.29, 0.717) is 12.1 Å². The van der Waals surface area contributed by atoms with E-state index in [4.69, 9.17) is 4.42 Å². The van der Waals surface area contributed by atoms with Crippen LogP contribution >= 0.6 is 0 Å². The summed E-state index contributed by atoms with van der Waals surface area (Å²) < 4.78 is 5.52. The van der Waals surface area contributed by atoms with Gasteiger partial charge in [-0.25, -0.2) is 0 Å². The molecule has 94 valence electrons. The topological polar surface area (TPSA) is 38.1 Å². The van der Waals surface area contributed by atoms with Crippen molar-refractivity contribution < 1.29 is 4.42 Å². The van der Waals surface area contributed by atoms with E-state index in [1.165, 1.54) is 24.0 Å². The van der Waals surface area contributed by atoms with Gasteiger partial charge in [0.25, 0.3) is 0 Å². The molecule has 3 rings (SSSR count). The Hall–Kier alpha value is -1.61. The van der Waals surface area contributed by atoms with Gasteiger partial charge in [-0.2, -0.15) is 0 Å². The zero-order valence-corrected chi connectivity index (χ0v) is 10.6. The van der Waals surface area contributed by atoms with Gasteiger partial charge in [0.15, 0.2) is 0 Å². The van der Waals surface area contributed by atoms with Crippen molar-refractivity contribution in [3.8, 4) is 0 Å². The van der Waals surface area contributed by atoms with Crippen LogP contribution in [-0.2, 0) is 6.42 Å². The normalized spacial score (nSPS) is 20.4. The second kappa shape index (κ2) is 4.94. The number of aromatic nitrogens is 1. The summed E-state index contributed by atoms with van der Waals surface area (Å²) in [5.41, 5.74) is 2.61. The van der Waals surface area contributed by atoms with E-state index in [0.717, 1.165) is 12.2 Å². The van der Waals surface area contributed by atoms with Crippen LogP contribution in [0.1, 0.15) is 48.7 Å². The number of pyridine rings is 1. The molecule has 2 atom stereocenters. The number of furan rings is 1. The molecule has 0 saturated heterocycles. The van der Waals surface area contributed by atoms with Gasteiger partial charge in [-0.05, 0) is 43.5 Å². The van der Waals surface area contributed by atoms with Crippen LogP contribution < -0.4 is 5.32 Å². The molecule has 2 heterocycles. The zero-order valence-electron chi connectivity index (χ0n) is 10.6. The first kappa shape index (κ1) is 11.5. The van der Waals surface area contributed by atoms with E-state index in [2.05, 4.69) is 35.4 Å². The Balaban J connectivity index is 1.75. The second-order valence-corrected chi connectivity index (χ2v) is 4.91. The first-order valence-corrected chi connectivity index (χ1v) is 6.57. The van der Waals surface area contributed by atoms with Crippen molar-refractivity contribution in [1.82, 2.24) is 10.3 Å². The first-order valence-electron chi connectivity index (χ1n) is 6.57. The number of hydrogen-bond acceptors (Lipinski definition) is 3. The van der Waals surface area contributed by atoms with Gasteiger partial charge in [-0.1, -0.05) is 0 Å². The van der Waals surface area contributed by atoms with Gasteiger partial charge < -0.3 is 9.73 Å². The predicted octanol–water partition coefficient (Wildman–Crippen LogP) is 3.40. The molecular formula is C15H18N2O. The van der Waals surface area contributed by atoms with Crippen molar-refractivity contribution >= 4 is 0 Å². The highest BCUT2D eigenvalue weighted by Crippen LogP contribution is 2.32. The highest BCUT2D eigenvalue weighted by Gasteiger charge is 2.23. The molecule has 3 nitrogen and oxygen atoms in total. The van der Waals surface area contributed by atoms with Crippen molar-refractivity contribution in [2.24, 2.45) is 0 Å². The minimum Gasteiger partial charge on any atom is -0.469 e. The molecule has 0 amide bonds. The Bertz CT molecular complexity index is 506. The smallest absolute Gasteiger partial charge is 0.108 e. The van der Waals surface area contributed by atoms with Gasteiger partial charge in [0.05, 0.1) is 6.26 Å². The fourth-order valence-electron chi connectivity index (χ4n) is 2.71. The molecule has 0 fully saturated rings. The highest BCUT2D eigenvalue weighted by molar-refractivity contribution is 5.25. The summed E-state index contributed by atoms with van der Waals surface area (Å²) in [6.07, 6.45) is 8.95. The summed E-state index contributed by atoms with van der Waals surface area (Å²) in [6.45, 7) is 2.20. The lowest BCUT2D eigenvalue weighted by Gasteiger charge is -2.26. The molecule has 3 heteroatoms. The molecule has 0 radical (unpaired) electrons. The summed E-state index contributed by atoms with van der Waals surface area (Å²) in [7, 11) is 0. The average molecular weight is 242 g/mol. The molecule has 0 saturated carbocycles. The van der Waals surface area contributed by atoms with Gasteiger partial charge in [-0.15, -0.1) is 0 Å². The second-order valence-electron chi connectivity index (χ2n) is 4.91. The first-order chi connectivity index (χ1) is 8.84. The Labute approximate surface area is 107 Å². The van der Waals surface area contributed by atoms with Gasteiger partial charge in [0, 0.05) is 36.5 Å². The molecular weight excluding hydrogens is 224 g/mol. The van der Waals surface area contributed by atoms with E-state index in [-0.39, 0.29) is 0 Å². The van der Waals surface area contributed by atoms with Crippen molar-refractivity contribution in [1.29, 1.82) is 0 Å². The highest BCUT2D eigenvalue weighted by atomic mass is 16.3. The third-order valence-electron chi connectivity index (χ3n) is 3.71. The maximum absolute atomic E-state index is 5.52. The third kappa shape index (κ3) is 2.18. The summed E-state index contributed by atoms with van der Waals surface area (Å²) in [5.74, 6) is 1.15. The van der Waals surface area contributed by atoms with Crippen molar-refractivity contribution in [2.45, 2.75) is 38.3 Å². The number of nitrogens with zero attached hydrogens (tertiary/aromatic N) is 1. The predicted molar refractivity (Wildman–Crippen MR) is 70.2 cm³/mol. The van der Waals surface area contributed by atoms with E-state index in [9.17, 15) is 0 Å². The van der Waals surface area contributed by atoms with Crippen LogP contribution in [0.2, 0.25) is 0 Å². The van der Waals surface area contributed by atoms with Crippen molar-refractivity contribution in [3.05, 3.63) is 53.7 Å². The number of fused-ring (bicyclic) bond motifs is 1. The maximum Gasteiger partial charge on any atom is 0.108 e. The monoisotopic (exact) mass is 242 g/mol. The van der Waals surface area contributed by atoms with Gasteiger partial charge in [-0.3, -0.25) is 4.98 Å². The summed E-state index contributed by atoms with van der Waals surface area (Å²) in [6, 6.07) is 6.98. The fraction of sp³-hybridized carbons (Fsp3) is 0.400. The van der Waals surface area contributed by atoms with Crippen LogP contribution in [0.4, 0.5) is 0 Å². The van der Waals surface area contributed by atoms with E-state index in [1.54, 1.807) is 0 Å². The van der Waals surface area contributed by atoms with Gasteiger partial charge >= 0.3 is 0 Å². The largest absolute Gasteiger partial charge is 0.469 e. The molecule has 18 heavy (non-hydrogen) atoms. The van der Waals surface area contributed by atoms with Crippen LogP contribution in [0.25, 0.3) is 0 Å². The molecule has 0 aliphatic heterocycles. The lowest BCUT2D eigenvalue weighted by molar-refractivity contribution is 0.385. The lowest BCUT2D eigenvalue weighted by Crippen LogP contribution is -2.27. The van der Waals surface area contributed by atoms with Gasteiger partial charge in [0.2, 0.25) is 0 Å². The molecule has 1 aliphatic rings. The zero-order chi connectivity index (χ0) is 12.4. The van der Waals surface area contributed by atoms with E-state index >= 15 is 0 Å². The number of aryl methyl sites for hydroxylation is 1. The molecule has 0 spiro atoms. The fourth-order valence-corrected chi connectivity index (χ4v) is 2.71. The molecule has 1 aliphatic carbocycles. The third-order valence-corrected chi connectivity index (χ3v) is 3.71. The van der Waals surface area contributed by atoms with E-state index < -0.39 is 0 Å². The molecule has 1 unspecified atom stereocenters. The molecule has 0 aromatic carbocycles. The summed E-state index contributed by atoms with van der Waals surface area (Å²) in [5, 5.41) is 3.69. The number of nitrogens with one attached hydrogen (secondary N) is 1. The standard InChI is InChI=1S/C15H18N2O/c1-11(12-5-8-16-9-6-12)17-14-3-2-4-15-13(14)7-10-18-15/h5-11,14,17H,2-4H2,1H3/t11-,14?/m1/s1. The minimum absolute atomic E-state index is 0.332. The lowest BCUT2D eigenvalue weighted by atomic mass is 9.92. The van der Waals surface area contributed by atoms with E-state index in [1.807, 2.05) is 18.7 Å². The molecule has 1 N–H and O–H groups in total. The van der Waals surface area contributed by atoms with Crippen LogP contribution in [-0.4, -0.2) is 4.98 Å². The maximum atomic E-state index is 5.52. The van der Waals surface area contributed by atoms with Crippen molar-refractivity contribution in [3.63, 3.8) is 0 Å². The SMILES string of the molecule is C[C@@H](NC1CCCc2occc21)c1ccncc1. The Morgan fingerprint density at radius 2 is 2.17 bits per heavy atom. The number of rotatable bonds is 3. The number of hydrogen-bond donors (Lipinski definition) is 1. The Morgan fingerprint density at radius 3 is 3.00 bits per heavy atom. The van der Waals surface area contributed by atoms with Crippen LogP contribution in [0.15, 0.2) is 41.3 Å². The minimum atomic E-state index is 0.332. The quantitative estimate of drug-likeness (QED) is 0.896. The Kier molecular flexibility index (Phi) is 3.15. The van der Waals surface area contributed by atoms with Crippen LogP contribution in [0, 0.1) is 0 Å². The Morgan fingerprint density at radius 1 is 1.33 bits per heavy atom. The van der Waals surface area contributed by atoms with Crippen molar-refractivity contribution in [2.75, 3.05) is 0 Å². The van der Waals surface area contributed by atoms with Gasteiger partial charge in [0.1, 0.15) is 5.76 Å².